The Morgan fingerprint density at radius 1 is 1.08 bits per heavy atom. The average Bonchev–Trinajstić information content (AvgIpc) is 3.08. The van der Waals surface area contributed by atoms with E-state index in [-0.39, 0.29) is 0 Å². The predicted molar refractivity (Wildman–Crippen MR) is 96.9 cm³/mol. The van der Waals surface area contributed by atoms with Crippen LogP contribution in [0.1, 0.15) is 11.1 Å². The summed E-state index contributed by atoms with van der Waals surface area (Å²) in [6, 6.07) is 16.8. The van der Waals surface area contributed by atoms with Crippen molar-refractivity contribution in [3.63, 3.8) is 0 Å². The summed E-state index contributed by atoms with van der Waals surface area (Å²) in [5.74, 6) is 1.31. The average molecular weight is 324 g/mol. The lowest BCUT2D eigenvalue weighted by molar-refractivity contribution is -0.426. The zero-order chi connectivity index (χ0) is 16.8. The van der Waals surface area contributed by atoms with E-state index in [0.717, 1.165) is 43.3 Å². The molecule has 2 aromatic rings. The lowest BCUT2D eigenvalue weighted by Crippen LogP contribution is -2.85. The summed E-state index contributed by atoms with van der Waals surface area (Å²) in [5, 5.41) is 6.48. The van der Waals surface area contributed by atoms with Gasteiger partial charge in [-0.15, -0.1) is 0 Å². The number of aryl methyl sites for hydroxylation is 2. The van der Waals surface area contributed by atoms with Gasteiger partial charge < -0.3 is 10.6 Å². The number of hydrogen-bond donors (Lipinski definition) is 5. The van der Waals surface area contributed by atoms with E-state index in [1.54, 1.807) is 0 Å². The Bertz CT molecular complexity index is 727. The molecular formula is C18H24N6+2. The van der Waals surface area contributed by atoms with E-state index >= 15 is 0 Å². The molecule has 124 valence electrons. The van der Waals surface area contributed by atoms with Crippen molar-refractivity contribution in [1.29, 1.82) is 0 Å². The van der Waals surface area contributed by atoms with Crippen molar-refractivity contribution < 1.29 is 10.7 Å². The number of benzene rings is 2. The predicted octanol–water partition coefficient (Wildman–Crippen LogP) is -0.888. The summed E-state index contributed by atoms with van der Waals surface area (Å²) < 4.78 is 0. The second-order valence-electron chi connectivity index (χ2n) is 5.83. The molecule has 0 fully saturated rings. The van der Waals surface area contributed by atoms with Gasteiger partial charge >= 0.3 is 5.96 Å². The zero-order valence-electron chi connectivity index (χ0n) is 13.7. The molecule has 0 bridgehead atoms. The van der Waals surface area contributed by atoms with Gasteiger partial charge in [-0.3, -0.25) is 10.7 Å². The van der Waals surface area contributed by atoms with E-state index in [0.29, 0.717) is 5.96 Å². The van der Waals surface area contributed by atoms with Crippen LogP contribution in [0.25, 0.3) is 0 Å². The number of nitrogens with zero attached hydrogens (tertiary/aromatic N) is 1. The van der Waals surface area contributed by atoms with E-state index in [1.165, 1.54) is 11.1 Å². The van der Waals surface area contributed by atoms with Crippen molar-refractivity contribution >= 4 is 23.3 Å². The van der Waals surface area contributed by atoms with Gasteiger partial charge in [0.2, 0.25) is 0 Å². The summed E-state index contributed by atoms with van der Waals surface area (Å²) >= 11 is 0. The van der Waals surface area contributed by atoms with Crippen LogP contribution in [0.4, 0.5) is 11.4 Å². The second-order valence-corrected chi connectivity index (χ2v) is 5.83. The number of quaternary nitrogens is 1. The van der Waals surface area contributed by atoms with Gasteiger partial charge in [0.15, 0.2) is 5.96 Å². The molecule has 1 aliphatic heterocycles. The quantitative estimate of drug-likeness (QED) is 0.364. The number of anilines is 1. The molecule has 0 saturated carbocycles. The first-order valence-electron chi connectivity index (χ1n) is 8.14. The molecule has 6 nitrogen and oxygen atoms in total. The Labute approximate surface area is 141 Å². The smallest absolute Gasteiger partial charge is 0.354 e. The van der Waals surface area contributed by atoms with Crippen LogP contribution in [0.15, 0.2) is 53.5 Å². The number of aliphatic imine (C=N–C) groups is 1. The number of rotatable bonds is 5. The van der Waals surface area contributed by atoms with Crippen molar-refractivity contribution in [1.82, 2.24) is 5.32 Å². The van der Waals surface area contributed by atoms with Crippen LogP contribution in [-0.2, 0) is 12.8 Å². The fourth-order valence-corrected chi connectivity index (χ4v) is 2.60. The molecule has 8 N–H and O–H groups in total. The molecule has 0 aromatic heterocycles. The van der Waals surface area contributed by atoms with Gasteiger partial charge in [-0.1, -0.05) is 24.3 Å². The minimum Gasteiger partial charge on any atom is -0.354 e. The van der Waals surface area contributed by atoms with Crippen molar-refractivity contribution in [2.24, 2.45) is 10.7 Å². The number of guanidine groups is 2. The van der Waals surface area contributed by atoms with Crippen LogP contribution in [0.3, 0.4) is 0 Å². The first kappa shape index (κ1) is 16.0. The lowest BCUT2D eigenvalue weighted by Gasteiger charge is -2.08. The van der Waals surface area contributed by atoms with E-state index in [2.05, 4.69) is 62.8 Å². The molecule has 24 heavy (non-hydrogen) atoms. The monoisotopic (exact) mass is 324 g/mol. The molecule has 0 aliphatic carbocycles. The fraction of sp³-hybridized carbons (Fsp3) is 0.222. The second kappa shape index (κ2) is 7.61. The number of nitrogens with one attached hydrogen (secondary N) is 3. The van der Waals surface area contributed by atoms with Crippen molar-refractivity contribution in [3.8, 4) is 0 Å². The molecule has 1 heterocycles. The van der Waals surface area contributed by atoms with Crippen LogP contribution in [-0.4, -0.2) is 25.0 Å². The highest BCUT2D eigenvalue weighted by Gasteiger charge is 2.04. The van der Waals surface area contributed by atoms with Gasteiger partial charge in [0.25, 0.3) is 0 Å². The summed E-state index contributed by atoms with van der Waals surface area (Å²) in [6.07, 6.45) is 2.01. The van der Waals surface area contributed by atoms with Crippen LogP contribution in [0.5, 0.6) is 0 Å². The molecule has 0 atom stereocenters. The highest BCUT2D eigenvalue weighted by atomic mass is 15.2. The van der Waals surface area contributed by atoms with E-state index in [4.69, 9.17) is 5.73 Å². The van der Waals surface area contributed by atoms with Gasteiger partial charge in [0.1, 0.15) is 5.69 Å². The fourth-order valence-electron chi connectivity index (χ4n) is 2.60. The minimum atomic E-state index is 0.454. The van der Waals surface area contributed by atoms with E-state index in [9.17, 15) is 0 Å². The Morgan fingerprint density at radius 3 is 2.25 bits per heavy atom. The Balaban J connectivity index is 1.53. The molecule has 3 rings (SSSR count). The maximum Gasteiger partial charge on any atom is 0.439 e. The molecule has 0 radical (unpaired) electrons. The van der Waals surface area contributed by atoms with Crippen LogP contribution in [0.2, 0.25) is 0 Å². The molecule has 0 spiro atoms. The summed E-state index contributed by atoms with van der Waals surface area (Å²) in [7, 11) is 0. The molecule has 1 aliphatic rings. The molecule has 6 heteroatoms. The summed E-state index contributed by atoms with van der Waals surface area (Å²) in [5.41, 5.74) is 13.8. The Kier molecular flexibility index (Phi) is 5.08. The lowest BCUT2D eigenvalue weighted by atomic mass is 10.0. The SMILES string of the molecule is NC([NH3+])=[NH+]c1ccc(CCc2ccc(NC3=NCCN3)cc2)cc1. The first-order chi connectivity index (χ1) is 11.7. The first-order valence-corrected chi connectivity index (χ1v) is 8.14. The van der Waals surface area contributed by atoms with Gasteiger partial charge in [-0.2, -0.15) is 4.99 Å². The summed E-state index contributed by atoms with van der Waals surface area (Å²) in [6.45, 7) is 1.75. The standard InChI is InChI=1S/C18H22N6/c19-17(20)23-15-7-3-13(4-8-15)1-2-14-5-9-16(10-6-14)24-18-21-11-12-22-18/h3-10H,1-2,11-12H2,(H4,19,20,23)(H2,21,22,24)/p+2. The topological polar surface area (TPSA) is 104 Å². The highest BCUT2D eigenvalue weighted by Crippen LogP contribution is 2.13. The molecule has 0 amide bonds. The largest absolute Gasteiger partial charge is 0.439 e. The van der Waals surface area contributed by atoms with Gasteiger partial charge in [-0.05, 0) is 48.2 Å². The van der Waals surface area contributed by atoms with E-state index in [1.807, 2.05) is 12.1 Å². The van der Waals surface area contributed by atoms with E-state index < -0.39 is 0 Å². The third-order valence-corrected chi connectivity index (χ3v) is 3.85. The Morgan fingerprint density at radius 2 is 1.71 bits per heavy atom. The third-order valence-electron chi connectivity index (χ3n) is 3.85. The van der Waals surface area contributed by atoms with Gasteiger partial charge in [-0.25, -0.2) is 5.73 Å². The van der Waals surface area contributed by atoms with Crippen molar-refractivity contribution in [2.45, 2.75) is 12.8 Å². The van der Waals surface area contributed by atoms with Crippen LogP contribution >= 0.6 is 0 Å². The molecule has 0 saturated heterocycles. The molecular weight excluding hydrogens is 300 g/mol. The van der Waals surface area contributed by atoms with Crippen LogP contribution in [0, 0.1) is 0 Å². The van der Waals surface area contributed by atoms with Gasteiger partial charge in [0.05, 0.1) is 6.54 Å². The zero-order valence-corrected chi connectivity index (χ0v) is 13.7. The number of nitrogens with two attached hydrogens (primary N) is 1. The normalized spacial score (nSPS) is 14.2. The maximum absolute atomic E-state index is 5.54. The van der Waals surface area contributed by atoms with Crippen LogP contribution < -0.4 is 27.1 Å². The maximum atomic E-state index is 5.54. The minimum absolute atomic E-state index is 0.454. The Hall–Kier alpha value is -2.86. The molecule has 0 unspecified atom stereocenters. The van der Waals surface area contributed by atoms with Gasteiger partial charge in [0, 0.05) is 12.2 Å². The third kappa shape index (κ3) is 4.57. The number of hydrogen-bond acceptors (Lipinski definition) is 3. The molecule has 2 aromatic carbocycles. The van der Waals surface area contributed by atoms with Crippen molar-refractivity contribution in [2.75, 3.05) is 18.4 Å². The summed E-state index contributed by atoms with van der Waals surface area (Å²) in [4.78, 5) is 7.33. The van der Waals surface area contributed by atoms with Crippen molar-refractivity contribution in [3.05, 3.63) is 59.7 Å². The highest BCUT2D eigenvalue weighted by molar-refractivity contribution is 5.94.